The summed E-state index contributed by atoms with van der Waals surface area (Å²) in [6.45, 7) is 0. The lowest BCUT2D eigenvalue weighted by Crippen LogP contribution is -2.40. The number of halogens is 9. The van der Waals surface area contributed by atoms with Gasteiger partial charge in [-0.05, 0) is 0 Å². The molecule has 0 aromatic carbocycles. The summed E-state index contributed by atoms with van der Waals surface area (Å²) in [5, 5.41) is 0. The summed E-state index contributed by atoms with van der Waals surface area (Å²) in [5.74, 6) is -4.70. The van der Waals surface area contributed by atoms with E-state index in [9.17, 15) is 30.7 Å². The Morgan fingerprint density at radius 1 is 1.00 bits per heavy atom. The van der Waals surface area contributed by atoms with Crippen molar-refractivity contribution in [2.75, 3.05) is 0 Å². The van der Waals surface area contributed by atoms with Crippen molar-refractivity contribution >= 4 is 38.5 Å². The fourth-order valence-corrected chi connectivity index (χ4v) is 1.08. The Bertz CT molecular complexity index is 195. The molecule has 0 nitrogen and oxygen atoms in total. The summed E-state index contributed by atoms with van der Waals surface area (Å²) < 4.78 is 79.8. The lowest BCUT2D eigenvalue weighted by atomic mass is 10.2. The second kappa shape index (κ2) is 4.30. The first kappa shape index (κ1) is 14.7. The molecule has 0 saturated carbocycles. The predicted octanol–water partition coefficient (Wildman–Crippen LogP) is 4.37. The fraction of sp³-hybridized carbons (Fsp3) is 1.00. The van der Waals surface area contributed by atoms with Gasteiger partial charge in [0.05, 0.1) is 0 Å². The first-order valence-electron chi connectivity index (χ1n) is 3.03. The molecule has 0 aliphatic rings. The zero-order valence-corrected chi connectivity index (χ0v) is 9.93. The van der Waals surface area contributed by atoms with Crippen molar-refractivity contribution in [2.45, 2.75) is 27.3 Å². The van der Waals surface area contributed by atoms with Crippen molar-refractivity contribution in [3.8, 4) is 0 Å². The van der Waals surface area contributed by atoms with Crippen molar-refractivity contribution in [1.82, 2.24) is 0 Å². The third kappa shape index (κ3) is 4.07. The molecule has 0 fully saturated rings. The molecule has 0 heterocycles. The summed E-state index contributed by atoms with van der Waals surface area (Å²) in [4.78, 5) is -2.65. The molecule has 86 valence electrons. The Morgan fingerprint density at radius 3 is 1.57 bits per heavy atom. The summed E-state index contributed by atoms with van der Waals surface area (Å²) >= 11 is 1.99. The molecule has 0 N–H and O–H groups in total. The minimum Gasteiger partial charge on any atom is -0.199 e. The van der Waals surface area contributed by atoms with Crippen LogP contribution in [0.3, 0.4) is 0 Å². The van der Waals surface area contributed by atoms with Gasteiger partial charge in [-0.1, -0.05) is 15.9 Å². The molecule has 1 unspecified atom stereocenters. The van der Waals surface area contributed by atoms with Crippen LogP contribution in [0.4, 0.5) is 30.7 Å². The third-order valence-electron chi connectivity index (χ3n) is 1.21. The average Bonchev–Trinajstić information content (AvgIpc) is 1.80. The van der Waals surface area contributed by atoms with Gasteiger partial charge < -0.3 is 0 Å². The SMILES string of the molecule is FC(F)(F)C(Br)CC(F)(F)C(F)(F)I. The molecule has 0 aromatic rings. The lowest BCUT2D eigenvalue weighted by Gasteiger charge is -2.24. The van der Waals surface area contributed by atoms with E-state index in [-0.39, 0.29) is 22.6 Å². The van der Waals surface area contributed by atoms with Gasteiger partial charge in [0.25, 0.3) is 0 Å². The minimum absolute atomic E-state index is 0.109. The van der Waals surface area contributed by atoms with Gasteiger partial charge in [0.2, 0.25) is 0 Å². The first-order chi connectivity index (χ1) is 5.88. The maximum absolute atomic E-state index is 12.4. The molecule has 9 heteroatoms. The molecule has 0 aromatic heterocycles. The number of alkyl halides is 9. The van der Waals surface area contributed by atoms with Crippen LogP contribution >= 0.6 is 38.5 Å². The third-order valence-corrected chi connectivity index (χ3v) is 2.84. The van der Waals surface area contributed by atoms with Crippen LogP contribution in [0.2, 0.25) is 0 Å². The monoisotopic (exact) mass is 402 g/mol. The summed E-state index contributed by atoms with van der Waals surface area (Å²) in [6, 6.07) is 0. The fourth-order valence-electron chi connectivity index (χ4n) is 0.457. The van der Waals surface area contributed by atoms with Crippen LogP contribution in [0, 0.1) is 0 Å². The van der Waals surface area contributed by atoms with Gasteiger partial charge in [0.15, 0.2) is 0 Å². The smallest absolute Gasteiger partial charge is 0.199 e. The summed E-state index contributed by atoms with van der Waals surface area (Å²) in [5.41, 5.74) is 0. The zero-order chi connectivity index (χ0) is 11.8. The van der Waals surface area contributed by atoms with Crippen LogP contribution in [-0.2, 0) is 0 Å². The lowest BCUT2D eigenvalue weighted by molar-refractivity contribution is -0.177. The Kier molecular flexibility index (Phi) is 4.52. The quantitative estimate of drug-likeness (QED) is 0.373. The van der Waals surface area contributed by atoms with Crippen molar-refractivity contribution in [1.29, 1.82) is 0 Å². The summed E-state index contributed by atoms with van der Waals surface area (Å²) in [7, 11) is 0. The van der Waals surface area contributed by atoms with E-state index in [0.29, 0.717) is 0 Å². The van der Waals surface area contributed by atoms with Gasteiger partial charge in [-0.15, -0.1) is 0 Å². The molecule has 14 heavy (non-hydrogen) atoms. The van der Waals surface area contributed by atoms with E-state index < -0.39 is 27.3 Å². The highest BCUT2D eigenvalue weighted by Crippen LogP contribution is 2.46. The largest absolute Gasteiger partial charge is 0.401 e. The van der Waals surface area contributed by atoms with Crippen LogP contribution in [0.5, 0.6) is 0 Å². The van der Waals surface area contributed by atoms with Gasteiger partial charge in [0, 0.05) is 29.0 Å². The van der Waals surface area contributed by atoms with Crippen LogP contribution in [0.25, 0.3) is 0 Å². The highest BCUT2D eigenvalue weighted by Gasteiger charge is 2.57. The van der Waals surface area contributed by atoms with E-state index in [1.54, 1.807) is 0 Å². The normalized spacial score (nSPS) is 16.9. The molecule has 0 bridgehead atoms. The number of hydrogen-bond donors (Lipinski definition) is 0. The Morgan fingerprint density at radius 2 is 1.36 bits per heavy atom. The Hall–Kier alpha value is 0.720. The van der Waals surface area contributed by atoms with Gasteiger partial charge in [-0.3, -0.25) is 0 Å². The minimum atomic E-state index is -4.97. The first-order valence-corrected chi connectivity index (χ1v) is 5.02. The molecule has 1 atom stereocenters. The van der Waals surface area contributed by atoms with E-state index in [0.717, 1.165) is 0 Å². The highest BCUT2D eigenvalue weighted by atomic mass is 127. The summed E-state index contributed by atoms with van der Waals surface area (Å²) in [6.07, 6.45) is -6.96. The van der Waals surface area contributed by atoms with E-state index in [4.69, 9.17) is 0 Å². The molecule has 0 rings (SSSR count). The van der Waals surface area contributed by atoms with Gasteiger partial charge >= 0.3 is 16.0 Å². The van der Waals surface area contributed by atoms with E-state index in [1.807, 2.05) is 15.9 Å². The van der Waals surface area contributed by atoms with Gasteiger partial charge in [-0.2, -0.15) is 30.7 Å². The average molecular weight is 403 g/mol. The van der Waals surface area contributed by atoms with Crippen molar-refractivity contribution in [3.05, 3.63) is 0 Å². The number of rotatable bonds is 3. The molecule has 0 aliphatic carbocycles. The standard InChI is InChI=1S/C5H3BrF7I/c6-2(4(9,10)11)1-3(7,8)5(12,13)14/h2H,1H2. The molecule has 0 saturated heterocycles. The molecular formula is C5H3BrF7I. The zero-order valence-electron chi connectivity index (χ0n) is 6.19. The molecule has 0 radical (unpaired) electrons. The second-order valence-corrected chi connectivity index (χ2v) is 4.88. The molecular weight excluding hydrogens is 400 g/mol. The molecule has 0 amide bonds. The second-order valence-electron chi connectivity index (χ2n) is 2.42. The molecule has 0 spiro atoms. The van der Waals surface area contributed by atoms with E-state index in [2.05, 4.69) is 0 Å². The number of hydrogen-bond acceptors (Lipinski definition) is 0. The molecule has 0 aliphatic heterocycles. The van der Waals surface area contributed by atoms with E-state index in [1.165, 1.54) is 0 Å². The Balaban J connectivity index is 4.53. The topological polar surface area (TPSA) is 0 Å². The van der Waals surface area contributed by atoms with Crippen LogP contribution in [-0.4, -0.2) is 20.9 Å². The van der Waals surface area contributed by atoms with Gasteiger partial charge in [-0.25, -0.2) is 0 Å². The Labute approximate surface area is 96.5 Å². The van der Waals surface area contributed by atoms with Crippen LogP contribution in [0.15, 0.2) is 0 Å². The van der Waals surface area contributed by atoms with Crippen LogP contribution < -0.4 is 0 Å². The van der Waals surface area contributed by atoms with Gasteiger partial charge in [0.1, 0.15) is 4.83 Å². The highest BCUT2D eigenvalue weighted by molar-refractivity contribution is 14.1. The predicted molar refractivity (Wildman–Crippen MR) is 47.3 cm³/mol. The maximum Gasteiger partial charge on any atom is 0.401 e. The van der Waals surface area contributed by atoms with E-state index >= 15 is 0 Å². The van der Waals surface area contributed by atoms with Crippen LogP contribution in [0.1, 0.15) is 6.42 Å². The van der Waals surface area contributed by atoms with Crippen molar-refractivity contribution < 1.29 is 30.7 Å². The van der Waals surface area contributed by atoms with Crippen molar-refractivity contribution in [3.63, 3.8) is 0 Å². The van der Waals surface area contributed by atoms with Crippen molar-refractivity contribution in [2.24, 2.45) is 0 Å². The maximum atomic E-state index is 12.4.